The molecule has 0 unspecified atom stereocenters. The normalized spacial score (nSPS) is 23.0. The lowest BCUT2D eigenvalue weighted by Crippen LogP contribution is -2.61. The standard InChI is InChI=1S/C23H36ClN3O3/c1-7-16(4)25-21(29)26-19(15(2)3)20(28)27-13-12-23(30,22(5,6)14-27)17-8-10-18(24)11-9-17/h8-11,15-16,19,30H,7,12-14H2,1-6H3,(H2,25,26,29)/t16-,19+,23-/m0/s1. The lowest BCUT2D eigenvalue weighted by Gasteiger charge is -2.51. The number of carbonyl (C=O) groups is 2. The van der Waals surface area contributed by atoms with E-state index < -0.39 is 17.1 Å². The van der Waals surface area contributed by atoms with Gasteiger partial charge in [0.15, 0.2) is 0 Å². The number of nitrogens with one attached hydrogen (secondary N) is 2. The van der Waals surface area contributed by atoms with Gasteiger partial charge in [0, 0.05) is 29.6 Å². The summed E-state index contributed by atoms with van der Waals surface area (Å²) in [6.45, 7) is 12.5. The molecule has 0 spiro atoms. The van der Waals surface area contributed by atoms with Gasteiger partial charge in [-0.15, -0.1) is 0 Å². The Hall–Kier alpha value is -1.79. The molecule has 6 nitrogen and oxygen atoms in total. The lowest BCUT2D eigenvalue weighted by molar-refractivity contribution is -0.155. The second-order valence-corrected chi connectivity index (χ2v) is 9.85. The van der Waals surface area contributed by atoms with E-state index in [1.165, 1.54) is 0 Å². The van der Waals surface area contributed by atoms with Gasteiger partial charge in [-0.1, -0.05) is 58.4 Å². The largest absolute Gasteiger partial charge is 0.384 e. The summed E-state index contributed by atoms with van der Waals surface area (Å²) in [4.78, 5) is 27.4. The van der Waals surface area contributed by atoms with Crippen molar-refractivity contribution in [3.8, 4) is 0 Å². The fraction of sp³-hybridized carbons (Fsp3) is 0.652. The van der Waals surface area contributed by atoms with Gasteiger partial charge in [-0.05, 0) is 43.4 Å². The first-order valence-electron chi connectivity index (χ1n) is 10.8. The molecule has 0 radical (unpaired) electrons. The maximum Gasteiger partial charge on any atom is 0.315 e. The summed E-state index contributed by atoms with van der Waals surface area (Å²) in [5.41, 5.74) is -0.839. The Morgan fingerprint density at radius 2 is 1.77 bits per heavy atom. The van der Waals surface area contributed by atoms with E-state index in [-0.39, 0.29) is 23.9 Å². The van der Waals surface area contributed by atoms with Crippen LogP contribution in [0.3, 0.4) is 0 Å². The molecule has 0 saturated carbocycles. The molecule has 1 heterocycles. The molecule has 1 saturated heterocycles. The Labute approximate surface area is 185 Å². The van der Waals surface area contributed by atoms with Crippen LogP contribution in [-0.4, -0.2) is 47.1 Å². The molecule has 1 aromatic carbocycles. The number of nitrogens with zero attached hydrogens (tertiary/aromatic N) is 1. The molecule has 3 amide bonds. The minimum absolute atomic E-state index is 0.0382. The molecule has 0 aliphatic carbocycles. The fourth-order valence-corrected chi connectivity index (χ4v) is 4.12. The number of urea groups is 1. The number of rotatable bonds is 6. The van der Waals surface area contributed by atoms with Crippen molar-refractivity contribution in [2.45, 2.75) is 72.1 Å². The van der Waals surface area contributed by atoms with Crippen LogP contribution in [0.5, 0.6) is 0 Å². The van der Waals surface area contributed by atoms with Crippen molar-refractivity contribution in [1.29, 1.82) is 0 Å². The Bertz CT molecular complexity index is 751. The molecule has 3 atom stereocenters. The number of likely N-dealkylation sites (tertiary alicyclic amines) is 1. The number of hydrogen-bond acceptors (Lipinski definition) is 3. The summed E-state index contributed by atoms with van der Waals surface area (Å²) in [5.74, 6) is -0.170. The van der Waals surface area contributed by atoms with Crippen molar-refractivity contribution in [1.82, 2.24) is 15.5 Å². The van der Waals surface area contributed by atoms with E-state index in [1.54, 1.807) is 17.0 Å². The predicted octanol–water partition coefficient (Wildman–Crippen LogP) is 3.91. The molecular formula is C23H36ClN3O3. The van der Waals surface area contributed by atoms with Crippen molar-refractivity contribution in [3.63, 3.8) is 0 Å². The highest BCUT2D eigenvalue weighted by Crippen LogP contribution is 2.46. The van der Waals surface area contributed by atoms with Crippen LogP contribution in [0.15, 0.2) is 24.3 Å². The first kappa shape index (κ1) is 24.5. The zero-order chi connectivity index (χ0) is 22.7. The molecule has 0 aromatic heterocycles. The molecule has 1 aliphatic heterocycles. The third kappa shape index (κ3) is 5.27. The summed E-state index contributed by atoms with van der Waals surface area (Å²) in [7, 11) is 0. The van der Waals surface area contributed by atoms with Crippen LogP contribution in [0.2, 0.25) is 5.02 Å². The third-order valence-electron chi connectivity index (χ3n) is 6.29. The number of aliphatic hydroxyl groups is 1. The third-order valence-corrected chi connectivity index (χ3v) is 6.54. The van der Waals surface area contributed by atoms with Crippen molar-refractivity contribution >= 4 is 23.5 Å². The first-order chi connectivity index (χ1) is 13.9. The molecule has 7 heteroatoms. The Kier molecular flexibility index (Phi) is 7.80. The van der Waals surface area contributed by atoms with Gasteiger partial charge in [0.1, 0.15) is 6.04 Å². The van der Waals surface area contributed by atoms with Gasteiger partial charge in [-0.2, -0.15) is 0 Å². The van der Waals surface area contributed by atoms with Crippen LogP contribution in [0.1, 0.15) is 59.9 Å². The maximum atomic E-state index is 13.3. The number of amides is 3. The van der Waals surface area contributed by atoms with Crippen LogP contribution >= 0.6 is 11.6 Å². The second-order valence-electron chi connectivity index (χ2n) is 9.41. The SMILES string of the molecule is CC[C@H](C)NC(=O)N[C@@H](C(=O)N1CC[C@](O)(c2ccc(Cl)cc2)C(C)(C)C1)C(C)C. The topological polar surface area (TPSA) is 81.7 Å². The summed E-state index contributed by atoms with van der Waals surface area (Å²) < 4.78 is 0. The number of hydrogen-bond donors (Lipinski definition) is 3. The zero-order valence-corrected chi connectivity index (χ0v) is 19.7. The van der Waals surface area contributed by atoms with Crippen LogP contribution in [0, 0.1) is 11.3 Å². The average Bonchev–Trinajstić information content (AvgIpc) is 2.67. The highest BCUT2D eigenvalue weighted by atomic mass is 35.5. The fourth-order valence-electron chi connectivity index (χ4n) is 3.99. The second kappa shape index (κ2) is 9.56. The Morgan fingerprint density at radius 3 is 2.27 bits per heavy atom. The van der Waals surface area contributed by atoms with Gasteiger partial charge in [0.2, 0.25) is 5.91 Å². The average molecular weight is 438 g/mol. The van der Waals surface area contributed by atoms with Crippen LogP contribution in [-0.2, 0) is 10.4 Å². The Balaban J connectivity index is 2.15. The molecule has 1 aliphatic rings. The van der Waals surface area contributed by atoms with Gasteiger partial charge < -0.3 is 20.6 Å². The van der Waals surface area contributed by atoms with Gasteiger partial charge in [0.05, 0.1) is 5.60 Å². The van der Waals surface area contributed by atoms with Crippen molar-refractivity contribution in [2.75, 3.05) is 13.1 Å². The molecule has 1 fully saturated rings. The van der Waals surface area contributed by atoms with Gasteiger partial charge in [0.25, 0.3) is 0 Å². The number of benzene rings is 1. The van der Waals surface area contributed by atoms with Crippen molar-refractivity contribution in [2.24, 2.45) is 11.3 Å². The van der Waals surface area contributed by atoms with Crippen LogP contribution in [0.25, 0.3) is 0 Å². The van der Waals surface area contributed by atoms with Crippen molar-refractivity contribution in [3.05, 3.63) is 34.9 Å². The van der Waals surface area contributed by atoms with Crippen molar-refractivity contribution < 1.29 is 14.7 Å². The molecule has 30 heavy (non-hydrogen) atoms. The van der Waals surface area contributed by atoms with E-state index in [9.17, 15) is 14.7 Å². The van der Waals surface area contributed by atoms with E-state index in [4.69, 9.17) is 11.6 Å². The highest BCUT2D eigenvalue weighted by Gasteiger charge is 2.50. The summed E-state index contributed by atoms with van der Waals surface area (Å²) in [6.07, 6.45) is 1.23. The lowest BCUT2D eigenvalue weighted by atomic mass is 9.66. The molecule has 0 bridgehead atoms. The van der Waals surface area contributed by atoms with Gasteiger partial charge in [-0.3, -0.25) is 4.79 Å². The smallest absolute Gasteiger partial charge is 0.315 e. The van der Waals surface area contributed by atoms with E-state index >= 15 is 0 Å². The summed E-state index contributed by atoms with van der Waals surface area (Å²) in [6, 6.07) is 6.33. The minimum Gasteiger partial charge on any atom is -0.384 e. The molecule has 2 rings (SSSR count). The van der Waals surface area contributed by atoms with Gasteiger partial charge >= 0.3 is 6.03 Å². The molecule has 1 aromatic rings. The van der Waals surface area contributed by atoms with Crippen LogP contribution in [0.4, 0.5) is 4.79 Å². The maximum absolute atomic E-state index is 13.3. The molecular weight excluding hydrogens is 402 g/mol. The summed E-state index contributed by atoms with van der Waals surface area (Å²) in [5, 5.41) is 17.8. The number of halogens is 1. The zero-order valence-electron chi connectivity index (χ0n) is 19.0. The Morgan fingerprint density at radius 1 is 1.17 bits per heavy atom. The monoisotopic (exact) mass is 437 g/mol. The highest BCUT2D eigenvalue weighted by molar-refractivity contribution is 6.30. The van der Waals surface area contributed by atoms with E-state index in [1.807, 2.05) is 53.7 Å². The minimum atomic E-state index is -1.07. The molecule has 3 N–H and O–H groups in total. The first-order valence-corrected chi connectivity index (χ1v) is 11.1. The van der Waals surface area contributed by atoms with Crippen LogP contribution < -0.4 is 10.6 Å². The van der Waals surface area contributed by atoms with E-state index in [2.05, 4.69) is 10.6 Å². The summed E-state index contributed by atoms with van der Waals surface area (Å²) >= 11 is 6.00. The number of carbonyl (C=O) groups excluding carboxylic acids is 2. The molecule has 168 valence electrons. The van der Waals surface area contributed by atoms with E-state index in [0.29, 0.717) is 24.5 Å². The van der Waals surface area contributed by atoms with E-state index in [0.717, 1.165) is 12.0 Å². The number of piperidine rings is 1. The van der Waals surface area contributed by atoms with Gasteiger partial charge in [-0.25, -0.2) is 4.79 Å². The predicted molar refractivity (Wildman–Crippen MR) is 120 cm³/mol. The quantitative estimate of drug-likeness (QED) is 0.631.